The van der Waals surface area contributed by atoms with Crippen LogP contribution >= 0.6 is 0 Å². The van der Waals surface area contributed by atoms with Gasteiger partial charge in [-0.05, 0) is 41.5 Å². The first-order chi connectivity index (χ1) is 13.4. The Balaban J connectivity index is 1.88. The molecule has 0 spiro atoms. The van der Waals surface area contributed by atoms with Gasteiger partial charge in [0.25, 0.3) is 11.8 Å². The average molecular weight is 382 g/mol. The van der Waals surface area contributed by atoms with Crippen LogP contribution in [0.5, 0.6) is 17.2 Å². The van der Waals surface area contributed by atoms with Crippen LogP contribution in [0.4, 0.5) is 4.79 Å². The van der Waals surface area contributed by atoms with Gasteiger partial charge in [-0.1, -0.05) is 18.2 Å². The summed E-state index contributed by atoms with van der Waals surface area (Å²) in [6, 6.07) is 10.5. The van der Waals surface area contributed by atoms with E-state index in [1.54, 1.807) is 24.3 Å². The van der Waals surface area contributed by atoms with E-state index in [0.717, 1.165) is 4.90 Å². The number of methoxy groups -OCH3 is 2. The zero-order valence-corrected chi connectivity index (χ0v) is 15.3. The minimum atomic E-state index is -0.786. The number of ether oxygens (including phenoxy) is 2. The van der Waals surface area contributed by atoms with E-state index < -0.39 is 17.8 Å². The highest BCUT2D eigenvalue weighted by molar-refractivity contribution is 6.30. The first kappa shape index (κ1) is 19.0. The smallest absolute Gasteiger partial charge is 0.331 e. The lowest BCUT2D eigenvalue weighted by atomic mass is 10.1. The van der Waals surface area contributed by atoms with E-state index >= 15 is 0 Å². The molecule has 8 heteroatoms. The number of imide groups is 2. The number of rotatable bonds is 5. The number of phenolic OH excluding ortho intramolecular Hbond substituents is 1. The fourth-order valence-corrected chi connectivity index (χ4v) is 2.70. The molecule has 0 radical (unpaired) electrons. The largest absolute Gasteiger partial charge is 0.504 e. The van der Waals surface area contributed by atoms with Crippen molar-refractivity contribution < 1.29 is 29.0 Å². The van der Waals surface area contributed by atoms with Gasteiger partial charge in [0.15, 0.2) is 11.5 Å². The van der Waals surface area contributed by atoms with Crippen LogP contribution < -0.4 is 14.8 Å². The van der Waals surface area contributed by atoms with Gasteiger partial charge < -0.3 is 14.6 Å². The van der Waals surface area contributed by atoms with E-state index in [4.69, 9.17) is 9.47 Å². The SMILES string of the molecule is COc1ccc(CN2C(=O)NC(=O)C(=Cc3ccc(O)c(OC)c3)C2=O)cc1. The number of carbonyl (C=O) groups is 3. The molecule has 144 valence electrons. The zero-order valence-electron chi connectivity index (χ0n) is 15.3. The summed E-state index contributed by atoms with van der Waals surface area (Å²) in [6.07, 6.45) is 1.34. The molecule has 1 saturated heterocycles. The van der Waals surface area contributed by atoms with Gasteiger partial charge in [-0.3, -0.25) is 19.8 Å². The molecule has 0 unspecified atom stereocenters. The Kier molecular flexibility index (Phi) is 5.30. The molecule has 3 rings (SSSR count). The van der Waals surface area contributed by atoms with Crippen molar-refractivity contribution in [2.45, 2.75) is 6.54 Å². The van der Waals surface area contributed by atoms with E-state index in [2.05, 4.69) is 5.32 Å². The van der Waals surface area contributed by atoms with Crippen LogP contribution in [0, 0.1) is 0 Å². The highest BCUT2D eigenvalue weighted by atomic mass is 16.5. The molecule has 1 aliphatic heterocycles. The van der Waals surface area contributed by atoms with Crippen molar-refractivity contribution in [3.05, 3.63) is 59.2 Å². The number of benzene rings is 2. The summed E-state index contributed by atoms with van der Waals surface area (Å²) < 4.78 is 10.1. The predicted molar refractivity (Wildman–Crippen MR) is 99.7 cm³/mol. The van der Waals surface area contributed by atoms with Crippen LogP contribution in [0.3, 0.4) is 0 Å². The third kappa shape index (κ3) is 3.80. The number of hydrogen-bond acceptors (Lipinski definition) is 6. The molecule has 1 heterocycles. The number of nitrogens with one attached hydrogen (secondary N) is 1. The van der Waals surface area contributed by atoms with E-state index in [1.165, 1.54) is 38.5 Å². The Bertz CT molecular complexity index is 965. The van der Waals surface area contributed by atoms with Gasteiger partial charge in [0.1, 0.15) is 11.3 Å². The number of hydrogen-bond donors (Lipinski definition) is 2. The van der Waals surface area contributed by atoms with E-state index in [1.807, 2.05) is 0 Å². The maximum atomic E-state index is 12.8. The summed E-state index contributed by atoms with van der Waals surface area (Å²) in [4.78, 5) is 38.1. The second kappa shape index (κ2) is 7.83. The molecule has 1 aliphatic rings. The summed E-state index contributed by atoms with van der Waals surface area (Å²) >= 11 is 0. The maximum Gasteiger partial charge on any atom is 0.331 e. The Morgan fingerprint density at radius 3 is 2.39 bits per heavy atom. The zero-order chi connectivity index (χ0) is 20.3. The normalized spacial score (nSPS) is 15.6. The number of barbiturate groups is 1. The molecular weight excluding hydrogens is 364 g/mol. The summed E-state index contributed by atoms with van der Waals surface area (Å²) in [5.74, 6) is -0.718. The van der Waals surface area contributed by atoms with Crippen LogP contribution in [0.2, 0.25) is 0 Å². The number of aromatic hydroxyl groups is 1. The number of phenols is 1. The summed E-state index contributed by atoms with van der Waals surface area (Å²) in [6.45, 7) is -0.00181. The van der Waals surface area contributed by atoms with E-state index in [0.29, 0.717) is 16.9 Å². The molecule has 2 N–H and O–H groups in total. The second-order valence-corrected chi connectivity index (χ2v) is 5.99. The summed E-state index contributed by atoms with van der Waals surface area (Å²) in [5.41, 5.74) is 0.969. The molecular formula is C20H18N2O6. The van der Waals surface area contributed by atoms with Gasteiger partial charge >= 0.3 is 6.03 Å². The van der Waals surface area contributed by atoms with Crippen molar-refractivity contribution in [2.75, 3.05) is 14.2 Å². The second-order valence-electron chi connectivity index (χ2n) is 5.99. The van der Waals surface area contributed by atoms with Crippen molar-refractivity contribution in [3.63, 3.8) is 0 Å². The van der Waals surface area contributed by atoms with Crippen molar-refractivity contribution >= 4 is 23.9 Å². The van der Waals surface area contributed by atoms with Crippen LogP contribution in [0.25, 0.3) is 6.08 Å². The Labute approximate surface area is 161 Å². The van der Waals surface area contributed by atoms with Gasteiger partial charge in [0.2, 0.25) is 0 Å². The lowest BCUT2D eigenvalue weighted by Crippen LogP contribution is -2.53. The van der Waals surface area contributed by atoms with E-state index in [-0.39, 0.29) is 23.6 Å². The molecule has 0 atom stereocenters. The summed E-state index contributed by atoms with van der Waals surface area (Å²) in [7, 11) is 2.93. The Morgan fingerprint density at radius 1 is 1.04 bits per heavy atom. The molecule has 28 heavy (non-hydrogen) atoms. The van der Waals surface area contributed by atoms with Crippen LogP contribution in [-0.4, -0.2) is 42.1 Å². The highest BCUT2D eigenvalue weighted by Gasteiger charge is 2.35. The molecule has 0 bridgehead atoms. The van der Waals surface area contributed by atoms with Crippen LogP contribution in [-0.2, 0) is 16.1 Å². The van der Waals surface area contributed by atoms with Crippen LogP contribution in [0.1, 0.15) is 11.1 Å². The maximum absolute atomic E-state index is 12.8. The molecule has 4 amide bonds. The molecule has 2 aromatic rings. The fourth-order valence-electron chi connectivity index (χ4n) is 2.70. The minimum Gasteiger partial charge on any atom is -0.504 e. The van der Waals surface area contributed by atoms with Gasteiger partial charge in [-0.2, -0.15) is 0 Å². The highest BCUT2D eigenvalue weighted by Crippen LogP contribution is 2.28. The predicted octanol–water partition coefficient (Wildman–Crippen LogP) is 2.07. The number of carbonyl (C=O) groups excluding carboxylic acids is 3. The van der Waals surface area contributed by atoms with Gasteiger partial charge in [0.05, 0.1) is 20.8 Å². The standard InChI is InChI=1S/C20H18N2O6/c1-27-14-6-3-12(4-7-14)11-22-19(25)15(18(24)21-20(22)26)9-13-5-8-16(23)17(10-13)28-2/h3-10,23H,11H2,1-2H3,(H,21,24,26). The summed E-state index contributed by atoms with van der Waals surface area (Å²) in [5, 5.41) is 11.8. The quantitative estimate of drug-likeness (QED) is 0.606. The molecule has 0 aliphatic carbocycles. The third-order valence-corrected chi connectivity index (χ3v) is 4.20. The number of nitrogens with zero attached hydrogens (tertiary/aromatic N) is 1. The number of amides is 4. The minimum absolute atomic E-state index is 0.00181. The van der Waals surface area contributed by atoms with Gasteiger partial charge in [-0.25, -0.2) is 4.79 Å². The Hall–Kier alpha value is -3.81. The monoisotopic (exact) mass is 382 g/mol. The van der Waals surface area contributed by atoms with Crippen LogP contribution in [0.15, 0.2) is 48.0 Å². The lowest BCUT2D eigenvalue weighted by molar-refractivity contribution is -0.130. The van der Waals surface area contributed by atoms with Crippen molar-refractivity contribution in [1.29, 1.82) is 0 Å². The first-order valence-electron chi connectivity index (χ1n) is 8.31. The van der Waals surface area contributed by atoms with Crippen molar-refractivity contribution in [1.82, 2.24) is 10.2 Å². The molecule has 1 fully saturated rings. The molecule has 8 nitrogen and oxygen atoms in total. The average Bonchev–Trinajstić information content (AvgIpc) is 2.70. The van der Waals surface area contributed by atoms with Crippen molar-refractivity contribution in [3.8, 4) is 17.2 Å². The van der Waals surface area contributed by atoms with E-state index in [9.17, 15) is 19.5 Å². The van der Waals surface area contributed by atoms with Crippen molar-refractivity contribution in [2.24, 2.45) is 0 Å². The third-order valence-electron chi connectivity index (χ3n) is 4.20. The molecule has 0 aromatic heterocycles. The Morgan fingerprint density at radius 2 is 1.75 bits per heavy atom. The molecule has 2 aromatic carbocycles. The topological polar surface area (TPSA) is 105 Å². The lowest BCUT2D eigenvalue weighted by Gasteiger charge is -2.26. The fraction of sp³-hybridized carbons (Fsp3) is 0.150. The first-order valence-corrected chi connectivity index (χ1v) is 8.31. The van der Waals surface area contributed by atoms with Gasteiger partial charge in [-0.15, -0.1) is 0 Å². The molecule has 0 saturated carbocycles. The van der Waals surface area contributed by atoms with Gasteiger partial charge in [0, 0.05) is 0 Å². The number of urea groups is 1.